The summed E-state index contributed by atoms with van der Waals surface area (Å²) in [5.74, 6) is 0.762. The molecule has 5 heteroatoms. The number of alkyl halides is 3. The van der Waals surface area contributed by atoms with E-state index in [-0.39, 0.29) is 12.5 Å². The normalized spacial score (nSPS) is 16.6. The van der Waals surface area contributed by atoms with Crippen LogP contribution < -0.4 is 10.1 Å². The Hall–Kier alpha value is -2.17. The Morgan fingerprint density at radius 2 is 1.92 bits per heavy atom. The minimum absolute atomic E-state index is 0.0702. The number of rotatable bonds is 4. The van der Waals surface area contributed by atoms with Crippen LogP contribution in [0.25, 0.3) is 0 Å². The summed E-state index contributed by atoms with van der Waals surface area (Å²) in [6, 6.07) is 10.4. The highest BCUT2D eigenvalue weighted by Crippen LogP contribution is 2.46. The molecule has 1 saturated carbocycles. The van der Waals surface area contributed by atoms with Gasteiger partial charge in [-0.2, -0.15) is 13.2 Å². The van der Waals surface area contributed by atoms with Gasteiger partial charge in [-0.1, -0.05) is 12.1 Å². The van der Waals surface area contributed by atoms with Crippen LogP contribution in [0, 0.1) is 0 Å². The monoisotopic (exact) mass is 333 g/mol. The maximum atomic E-state index is 13.3. The van der Waals surface area contributed by atoms with Crippen LogP contribution in [0.2, 0.25) is 0 Å². The number of nitrogens with one attached hydrogen (secondary N) is 1. The molecule has 2 aromatic carbocycles. The lowest BCUT2D eigenvalue weighted by molar-refractivity contribution is -0.138. The fourth-order valence-corrected chi connectivity index (χ4v) is 3.23. The Labute approximate surface area is 138 Å². The molecule has 2 aromatic rings. The van der Waals surface area contributed by atoms with E-state index in [9.17, 15) is 13.2 Å². The molecule has 1 heterocycles. The third-order valence-electron chi connectivity index (χ3n) is 4.63. The SMILES string of the molecule is FC(F)(F)c1cc(COc2ccc3c(c2)CCN3)ccc1C1CC1. The van der Waals surface area contributed by atoms with Crippen LogP contribution in [-0.4, -0.2) is 6.54 Å². The number of hydrogen-bond donors (Lipinski definition) is 1. The lowest BCUT2D eigenvalue weighted by Gasteiger charge is -2.15. The zero-order valence-electron chi connectivity index (χ0n) is 13.1. The van der Waals surface area contributed by atoms with Gasteiger partial charge in [0, 0.05) is 12.2 Å². The number of benzene rings is 2. The van der Waals surface area contributed by atoms with Crippen LogP contribution >= 0.6 is 0 Å². The average molecular weight is 333 g/mol. The van der Waals surface area contributed by atoms with Crippen molar-refractivity contribution in [3.05, 3.63) is 58.7 Å². The molecule has 4 rings (SSSR count). The Balaban J connectivity index is 1.52. The van der Waals surface area contributed by atoms with Crippen molar-refractivity contribution in [1.29, 1.82) is 0 Å². The molecular formula is C19H18F3NO. The second-order valence-electron chi connectivity index (χ2n) is 6.48. The van der Waals surface area contributed by atoms with Crippen LogP contribution in [0.3, 0.4) is 0 Å². The molecule has 0 radical (unpaired) electrons. The molecule has 0 bridgehead atoms. The van der Waals surface area contributed by atoms with Gasteiger partial charge in [-0.05, 0) is 66.1 Å². The van der Waals surface area contributed by atoms with Gasteiger partial charge in [-0.25, -0.2) is 0 Å². The minimum atomic E-state index is -4.31. The first-order chi connectivity index (χ1) is 11.5. The molecule has 0 amide bonds. The molecular weight excluding hydrogens is 315 g/mol. The zero-order chi connectivity index (χ0) is 16.7. The predicted molar refractivity (Wildman–Crippen MR) is 86.4 cm³/mol. The summed E-state index contributed by atoms with van der Waals surface area (Å²) in [5.41, 5.74) is 2.76. The van der Waals surface area contributed by atoms with Gasteiger partial charge in [0.1, 0.15) is 12.4 Å². The van der Waals surface area contributed by atoms with E-state index in [1.54, 1.807) is 12.1 Å². The number of fused-ring (bicyclic) bond motifs is 1. The fourth-order valence-electron chi connectivity index (χ4n) is 3.23. The highest BCUT2D eigenvalue weighted by atomic mass is 19.4. The summed E-state index contributed by atoms with van der Waals surface area (Å²) in [4.78, 5) is 0. The molecule has 1 fully saturated rings. The molecule has 1 aliphatic carbocycles. The van der Waals surface area contributed by atoms with Gasteiger partial charge >= 0.3 is 6.18 Å². The van der Waals surface area contributed by atoms with Crippen LogP contribution in [0.4, 0.5) is 18.9 Å². The van der Waals surface area contributed by atoms with E-state index < -0.39 is 11.7 Å². The Kier molecular flexibility index (Phi) is 3.66. The van der Waals surface area contributed by atoms with Crippen molar-refractivity contribution in [2.75, 3.05) is 11.9 Å². The van der Waals surface area contributed by atoms with E-state index in [1.807, 2.05) is 18.2 Å². The van der Waals surface area contributed by atoms with Gasteiger partial charge in [0.25, 0.3) is 0 Å². The quantitative estimate of drug-likeness (QED) is 0.837. The highest BCUT2D eigenvalue weighted by molar-refractivity contribution is 5.57. The third-order valence-corrected chi connectivity index (χ3v) is 4.63. The first-order valence-corrected chi connectivity index (χ1v) is 8.20. The van der Waals surface area contributed by atoms with Crippen molar-refractivity contribution in [2.24, 2.45) is 0 Å². The summed E-state index contributed by atoms with van der Waals surface area (Å²) in [7, 11) is 0. The maximum Gasteiger partial charge on any atom is 0.416 e. The molecule has 0 aromatic heterocycles. The van der Waals surface area contributed by atoms with Crippen molar-refractivity contribution < 1.29 is 17.9 Å². The molecule has 2 nitrogen and oxygen atoms in total. The van der Waals surface area contributed by atoms with Crippen LogP contribution in [0.5, 0.6) is 5.75 Å². The Bertz CT molecular complexity index is 766. The summed E-state index contributed by atoms with van der Waals surface area (Å²) in [6.07, 6.45) is -1.67. The number of anilines is 1. The Morgan fingerprint density at radius 3 is 2.67 bits per heavy atom. The lowest BCUT2D eigenvalue weighted by atomic mass is 10.00. The number of hydrogen-bond acceptors (Lipinski definition) is 2. The van der Waals surface area contributed by atoms with Crippen LogP contribution in [0.1, 0.15) is 41.0 Å². The molecule has 1 N–H and O–H groups in total. The van der Waals surface area contributed by atoms with Crippen molar-refractivity contribution in [2.45, 2.75) is 38.0 Å². The van der Waals surface area contributed by atoms with Crippen molar-refractivity contribution in [3.8, 4) is 5.75 Å². The molecule has 126 valence electrons. The first kappa shape index (κ1) is 15.4. The second-order valence-corrected chi connectivity index (χ2v) is 6.48. The van der Waals surface area contributed by atoms with E-state index in [4.69, 9.17) is 4.74 Å². The van der Waals surface area contributed by atoms with Crippen molar-refractivity contribution in [3.63, 3.8) is 0 Å². The highest BCUT2D eigenvalue weighted by Gasteiger charge is 2.38. The molecule has 0 spiro atoms. The molecule has 0 saturated heterocycles. The van der Waals surface area contributed by atoms with E-state index in [2.05, 4.69) is 5.32 Å². The van der Waals surface area contributed by atoms with Gasteiger partial charge in [0.15, 0.2) is 0 Å². The van der Waals surface area contributed by atoms with Crippen molar-refractivity contribution in [1.82, 2.24) is 0 Å². The summed E-state index contributed by atoms with van der Waals surface area (Å²) in [5, 5.41) is 3.27. The molecule has 1 aliphatic heterocycles. The van der Waals surface area contributed by atoms with E-state index in [1.165, 1.54) is 11.6 Å². The third kappa shape index (κ3) is 3.07. The zero-order valence-corrected chi connectivity index (χ0v) is 13.1. The summed E-state index contributed by atoms with van der Waals surface area (Å²) in [6.45, 7) is 1.05. The maximum absolute atomic E-state index is 13.3. The summed E-state index contributed by atoms with van der Waals surface area (Å²) < 4.78 is 45.6. The van der Waals surface area contributed by atoms with Gasteiger partial charge in [-0.3, -0.25) is 0 Å². The summed E-state index contributed by atoms with van der Waals surface area (Å²) >= 11 is 0. The van der Waals surface area contributed by atoms with Crippen molar-refractivity contribution >= 4 is 5.69 Å². The van der Waals surface area contributed by atoms with Gasteiger partial charge in [0.2, 0.25) is 0 Å². The standard InChI is InChI=1S/C19H18F3NO/c20-19(21,22)17-9-12(1-5-16(17)13-2-3-13)11-24-15-4-6-18-14(10-15)7-8-23-18/h1,4-6,9-10,13,23H,2-3,7-8,11H2. The van der Waals surface area contributed by atoms with Crippen LogP contribution in [0.15, 0.2) is 36.4 Å². The topological polar surface area (TPSA) is 21.3 Å². The van der Waals surface area contributed by atoms with E-state index in [0.29, 0.717) is 16.9 Å². The smallest absolute Gasteiger partial charge is 0.416 e. The molecule has 0 atom stereocenters. The van der Waals surface area contributed by atoms with Gasteiger partial charge < -0.3 is 10.1 Å². The molecule has 2 aliphatic rings. The van der Waals surface area contributed by atoms with Gasteiger partial charge in [0.05, 0.1) is 5.56 Å². The molecule has 0 unspecified atom stereocenters. The number of ether oxygens (including phenoxy) is 1. The largest absolute Gasteiger partial charge is 0.489 e. The predicted octanol–water partition coefficient (Wildman–Crippen LogP) is 5.13. The second kappa shape index (κ2) is 5.72. The lowest BCUT2D eigenvalue weighted by Crippen LogP contribution is -2.10. The number of halogens is 3. The fraction of sp³-hybridized carbons (Fsp3) is 0.368. The minimum Gasteiger partial charge on any atom is -0.489 e. The Morgan fingerprint density at radius 1 is 1.08 bits per heavy atom. The van der Waals surface area contributed by atoms with E-state index in [0.717, 1.165) is 31.5 Å². The first-order valence-electron chi connectivity index (χ1n) is 8.20. The van der Waals surface area contributed by atoms with Crippen LogP contribution in [-0.2, 0) is 19.2 Å². The average Bonchev–Trinajstić information content (AvgIpc) is 3.29. The van der Waals surface area contributed by atoms with E-state index >= 15 is 0 Å². The molecule has 24 heavy (non-hydrogen) atoms. The van der Waals surface area contributed by atoms with Gasteiger partial charge in [-0.15, -0.1) is 0 Å².